The molecule has 0 bridgehead atoms. The van der Waals surface area contributed by atoms with Crippen LogP contribution in [0, 0.1) is 13.8 Å². The maximum absolute atomic E-state index is 7.32. The molecule has 0 radical (unpaired) electrons. The van der Waals surface area contributed by atoms with Crippen molar-refractivity contribution in [3.63, 3.8) is 0 Å². The molecule has 0 heterocycles. The molecule has 0 spiro atoms. The summed E-state index contributed by atoms with van der Waals surface area (Å²) in [5.74, 6) is 2.70. The van der Waals surface area contributed by atoms with Gasteiger partial charge in [0.2, 0.25) is 0 Å². The Labute approximate surface area is 293 Å². The number of rotatable bonds is 12. The van der Waals surface area contributed by atoms with Crippen LogP contribution < -0.4 is 22.9 Å². The molecule has 6 aromatic carbocycles. The average Bonchev–Trinajstić information content (AvgIpc) is 3.15. The van der Waals surface area contributed by atoms with Crippen molar-refractivity contribution in [3.8, 4) is 23.0 Å². The Morgan fingerprint density at radius 1 is 0.449 bits per heavy atom. The van der Waals surface area contributed by atoms with Crippen LogP contribution in [0.15, 0.2) is 156 Å². The molecule has 6 rings (SSSR count). The molecule has 6 nitrogen and oxygen atoms in total. The number of methoxy groups -OCH3 is 2. The molecule has 246 valence electrons. The molecular formula is C42H38N2O4Te. The van der Waals surface area contributed by atoms with Gasteiger partial charge in [0.15, 0.2) is 0 Å². The zero-order valence-electron chi connectivity index (χ0n) is 27.9. The van der Waals surface area contributed by atoms with E-state index in [2.05, 4.69) is 62.4 Å². The summed E-state index contributed by atoms with van der Waals surface area (Å²) in [4.78, 5) is 9.77. The van der Waals surface area contributed by atoms with Crippen molar-refractivity contribution in [3.05, 3.63) is 168 Å². The molecule has 0 aliphatic rings. The molecule has 0 aromatic heterocycles. The van der Waals surface area contributed by atoms with Crippen LogP contribution >= 0.6 is 0 Å². The summed E-state index contributed by atoms with van der Waals surface area (Å²) >= 11 is -4.45. The Morgan fingerprint density at radius 2 is 0.816 bits per heavy atom. The molecule has 0 saturated carbocycles. The summed E-state index contributed by atoms with van der Waals surface area (Å²) in [6.45, 7) is 4.14. The van der Waals surface area contributed by atoms with E-state index in [9.17, 15) is 0 Å². The van der Waals surface area contributed by atoms with E-state index in [1.807, 2.05) is 109 Å². The van der Waals surface area contributed by atoms with Crippen LogP contribution in [0.25, 0.3) is 0 Å². The van der Waals surface area contributed by atoms with Crippen molar-refractivity contribution in [2.24, 2.45) is 9.98 Å². The fourth-order valence-electron chi connectivity index (χ4n) is 4.97. The SMILES string of the molecule is COc1ccc([Te](Oc2ccccc2N=Cc2ccc(C)cc2)(Oc2ccccc2N=Cc2ccc(C)cc2)c2ccc(OC)cc2)cc1. The topological polar surface area (TPSA) is 61.6 Å². The molecule has 0 amide bonds. The van der Waals surface area contributed by atoms with E-state index in [1.165, 1.54) is 11.1 Å². The van der Waals surface area contributed by atoms with Crippen molar-refractivity contribution >= 4 is 50.0 Å². The van der Waals surface area contributed by atoms with Gasteiger partial charge in [0.25, 0.3) is 0 Å². The summed E-state index contributed by atoms with van der Waals surface area (Å²) in [6, 6.07) is 48.0. The van der Waals surface area contributed by atoms with Gasteiger partial charge < -0.3 is 0 Å². The van der Waals surface area contributed by atoms with Gasteiger partial charge in [-0.25, -0.2) is 0 Å². The van der Waals surface area contributed by atoms with Gasteiger partial charge >= 0.3 is 295 Å². The zero-order chi connectivity index (χ0) is 34.1. The second-order valence-electron chi connectivity index (χ2n) is 11.3. The third kappa shape index (κ3) is 8.21. The third-order valence-corrected chi connectivity index (χ3v) is 15.2. The maximum atomic E-state index is 7.32. The van der Waals surface area contributed by atoms with E-state index in [4.69, 9.17) is 25.7 Å². The number of para-hydroxylation sites is 4. The van der Waals surface area contributed by atoms with Gasteiger partial charge in [-0.3, -0.25) is 0 Å². The van der Waals surface area contributed by atoms with Crippen molar-refractivity contribution in [2.75, 3.05) is 14.2 Å². The fourth-order valence-corrected chi connectivity index (χ4v) is 12.0. The van der Waals surface area contributed by atoms with Crippen molar-refractivity contribution < 1.29 is 15.7 Å². The fraction of sp³-hybridized carbons (Fsp3) is 0.0952. The number of benzene rings is 6. The standard InChI is InChI=1S/C42H38N2O4Te/c1-31-13-17-33(18-14-31)29-43-39-9-5-7-11-41(39)47-49(37-25-21-35(45-3)22-26-37,38-27-23-36(46-4)24-28-38)48-42-12-8-6-10-40(42)44-30-34-19-15-32(2)16-20-34/h5-30H,1-4H3. The number of aliphatic imine (C=N–C) groups is 2. The normalized spacial score (nSPS) is 11.8. The molecule has 0 atom stereocenters. The number of ether oxygens (including phenoxy) is 2. The molecule has 6 aromatic rings. The van der Waals surface area contributed by atoms with E-state index in [1.54, 1.807) is 14.2 Å². The molecule has 0 unspecified atom stereocenters. The number of hydrogen-bond donors (Lipinski definition) is 0. The first-order chi connectivity index (χ1) is 24.0. The molecular weight excluding hydrogens is 724 g/mol. The Kier molecular flexibility index (Phi) is 10.7. The van der Waals surface area contributed by atoms with Gasteiger partial charge in [-0.05, 0) is 0 Å². The Balaban J connectivity index is 1.50. The van der Waals surface area contributed by atoms with Gasteiger partial charge in [-0.2, -0.15) is 0 Å². The third-order valence-electron chi connectivity index (χ3n) is 7.74. The monoisotopic (exact) mass is 764 g/mol. The first kappa shape index (κ1) is 33.5. The summed E-state index contributed by atoms with van der Waals surface area (Å²) in [7, 11) is 3.32. The quantitative estimate of drug-likeness (QED) is 0.0927. The van der Waals surface area contributed by atoms with Crippen LogP contribution in [0.4, 0.5) is 11.4 Å². The van der Waals surface area contributed by atoms with E-state index < -0.39 is 19.0 Å². The Morgan fingerprint density at radius 3 is 1.18 bits per heavy atom. The number of hydrogen-bond acceptors (Lipinski definition) is 6. The van der Waals surface area contributed by atoms with E-state index in [0.29, 0.717) is 22.9 Å². The predicted octanol–water partition coefficient (Wildman–Crippen LogP) is 8.54. The zero-order valence-corrected chi connectivity index (χ0v) is 30.3. The van der Waals surface area contributed by atoms with Crippen molar-refractivity contribution in [1.82, 2.24) is 0 Å². The van der Waals surface area contributed by atoms with Crippen LogP contribution in [0.1, 0.15) is 22.3 Å². The number of nitrogens with zero attached hydrogens (tertiary/aromatic N) is 2. The summed E-state index contributed by atoms with van der Waals surface area (Å²) < 4.78 is 27.6. The number of aryl methyl sites for hydroxylation is 2. The molecule has 49 heavy (non-hydrogen) atoms. The summed E-state index contributed by atoms with van der Waals surface area (Å²) in [5, 5.41) is 0. The molecule has 0 saturated heterocycles. The molecule has 0 N–H and O–H groups in total. The van der Waals surface area contributed by atoms with E-state index in [-0.39, 0.29) is 0 Å². The van der Waals surface area contributed by atoms with Crippen LogP contribution in [0.5, 0.6) is 23.0 Å². The minimum absolute atomic E-state index is 0.610. The van der Waals surface area contributed by atoms with Crippen LogP contribution in [0.3, 0.4) is 0 Å². The van der Waals surface area contributed by atoms with E-state index >= 15 is 0 Å². The predicted molar refractivity (Wildman–Crippen MR) is 202 cm³/mol. The van der Waals surface area contributed by atoms with Crippen LogP contribution in [0.2, 0.25) is 0 Å². The van der Waals surface area contributed by atoms with Crippen molar-refractivity contribution in [1.29, 1.82) is 0 Å². The molecule has 0 fully saturated rings. The molecule has 0 aliphatic heterocycles. The van der Waals surface area contributed by atoms with Crippen molar-refractivity contribution in [2.45, 2.75) is 13.8 Å². The summed E-state index contributed by atoms with van der Waals surface area (Å²) in [6.07, 6.45) is 3.71. The second kappa shape index (κ2) is 15.7. The Bertz CT molecular complexity index is 1890. The first-order valence-corrected chi connectivity index (χ1v) is 20.1. The van der Waals surface area contributed by atoms with E-state index in [0.717, 1.165) is 29.8 Å². The van der Waals surface area contributed by atoms with Gasteiger partial charge in [-0.15, -0.1) is 0 Å². The first-order valence-electron chi connectivity index (χ1n) is 15.9. The van der Waals surface area contributed by atoms with Gasteiger partial charge in [0, 0.05) is 0 Å². The molecule has 7 heteroatoms. The Hall–Kier alpha value is -5.35. The second-order valence-corrected chi connectivity index (χ2v) is 17.8. The van der Waals surface area contributed by atoms with Gasteiger partial charge in [-0.1, -0.05) is 0 Å². The minimum atomic E-state index is -4.45. The average molecular weight is 762 g/mol. The van der Waals surface area contributed by atoms with Crippen LogP contribution in [-0.2, 0) is 0 Å². The van der Waals surface area contributed by atoms with Gasteiger partial charge in [0.1, 0.15) is 0 Å². The molecule has 0 aliphatic carbocycles. The van der Waals surface area contributed by atoms with Gasteiger partial charge in [0.05, 0.1) is 0 Å². The van der Waals surface area contributed by atoms with Crippen LogP contribution in [-0.4, -0.2) is 45.7 Å². The summed E-state index contributed by atoms with van der Waals surface area (Å²) in [5.41, 5.74) is 5.76.